The second-order valence-electron chi connectivity index (χ2n) is 5.62. The quantitative estimate of drug-likeness (QED) is 0.424. The van der Waals surface area contributed by atoms with Crippen molar-refractivity contribution in [3.63, 3.8) is 0 Å². The molecule has 8 heteroatoms. The molecule has 28 heavy (non-hydrogen) atoms. The third kappa shape index (κ3) is 4.11. The van der Waals surface area contributed by atoms with Gasteiger partial charge >= 0.3 is 5.97 Å². The Morgan fingerprint density at radius 1 is 1.29 bits per heavy atom. The van der Waals surface area contributed by atoms with Crippen LogP contribution in [0.4, 0.5) is 5.69 Å². The van der Waals surface area contributed by atoms with E-state index >= 15 is 0 Å². The predicted octanol–water partition coefficient (Wildman–Crippen LogP) is 4.20. The number of nitrogens with one attached hydrogen (secondary N) is 1. The molecule has 140 valence electrons. The molecule has 3 rings (SSSR count). The zero-order valence-electron chi connectivity index (χ0n) is 14.7. The monoisotopic (exact) mass is 393 g/mol. The summed E-state index contributed by atoms with van der Waals surface area (Å²) in [6, 6.07) is 13.6. The Morgan fingerprint density at radius 2 is 2.04 bits per heavy atom. The van der Waals surface area contributed by atoms with E-state index in [9.17, 15) is 15.2 Å². The summed E-state index contributed by atoms with van der Waals surface area (Å²) in [7, 11) is 1.60. The molecule has 0 aliphatic heterocycles. The number of hydrogen-bond donors (Lipinski definition) is 3. The first-order valence-corrected chi connectivity index (χ1v) is 8.93. The minimum atomic E-state index is -1.24. The summed E-state index contributed by atoms with van der Waals surface area (Å²) in [6.07, 6.45) is 1.45. The number of carbonyl (C=O) groups is 1. The maximum Gasteiger partial charge on any atom is 0.339 e. The van der Waals surface area contributed by atoms with Crippen LogP contribution in [-0.2, 0) is 0 Å². The number of nitriles is 1. The van der Waals surface area contributed by atoms with Gasteiger partial charge in [0.25, 0.3) is 0 Å². The number of anilines is 1. The number of aromatic nitrogens is 1. The van der Waals surface area contributed by atoms with E-state index in [0.717, 1.165) is 17.0 Å². The van der Waals surface area contributed by atoms with Crippen molar-refractivity contribution in [1.82, 2.24) is 4.98 Å². The zero-order chi connectivity index (χ0) is 20.1. The van der Waals surface area contributed by atoms with Gasteiger partial charge in [-0.05, 0) is 42.5 Å². The highest BCUT2D eigenvalue weighted by Crippen LogP contribution is 2.28. The second kappa shape index (κ2) is 8.24. The summed E-state index contributed by atoms with van der Waals surface area (Å²) in [6.45, 7) is 0. The van der Waals surface area contributed by atoms with Crippen molar-refractivity contribution in [3.8, 4) is 28.8 Å². The molecular weight excluding hydrogens is 378 g/mol. The third-order valence-electron chi connectivity index (χ3n) is 3.85. The molecule has 3 aromatic rings. The van der Waals surface area contributed by atoms with Crippen LogP contribution in [0.1, 0.15) is 15.4 Å². The summed E-state index contributed by atoms with van der Waals surface area (Å²) in [5.74, 6) is -0.822. The Kier molecular flexibility index (Phi) is 5.58. The molecule has 0 aliphatic rings. The van der Waals surface area contributed by atoms with E-state index in [1.807, 2.05) is 29.6 Å². The van der Waals surface area contributed by atoms with E-state index < -0.39 is 5.97 Å². The van der Waals surface area contributed by atoms with Gasteiger partial charge in [0.15, 0.2) is 0 Å². The number of aromatic hydroxyl groups is 1. The van der Waals surface area contributed by atoms with Crippen LogP contribution >= 0.6 is 11.3 Å². The SMILES string of the molecule is COc1ccc(-c2csc(/C(C#N)=C/Nc3ccc(O)c(C(=O)O)c3)n2)cc1. The lowest BCUT2D eigenvalue weighted by molar-refractivity contribution is 0.0694. The first-order chi connectivity index (χ1) is 13.5. The molecule has 0 unspecified atom stereocenters. The van der Waals surface area contributed by atoms with Gasteiger partial charge in [-0.2, -0.15) is 5.26 Å². The van der Waals surface area contributed by atoms with Crippen molar-refractivity contribution in [2.24, 2.45) is 0 Å². The molecule has 0 fully saturated rings. The summed E-state index contributed by atoms with van der Waals surface area (Å²) in [4.78, 5) is 15.6. The number of carboxylic acid groups (broad SMARTS) is 1. The van der Waals surface area contributed by atoms with Crippen LogP contribution in [0.2, 0.25) is 0 Å². The smallest absolute Gasteiger partial charge is 0.339 e. The maximum atomic E-state index is 11.1. The minimum Gasteiger partial charge on any atom is -0.507 e. The lowest BCUT2D eigenvalue weighted by Gasteiger charge is -2.05. The fourth-order valence-electron chi connectivity index (χ4n) is 2.39. The van der Waals surface area contributed by atoms with Gasteiger partial charge in [-0.15, -0.1) is 11.3 Å². The number of carboxylic acids is 1. The fraction of sp³-hybridized carbons (Fsp3) is 0.0500. The molecule has 0 saturated carbocycles. The summed E-state index contributed by atoms with van der Waals surface area (Å²) < 4.78 is 5.14. The largest absolute Gasteiger partial charge is 0.507 e. The number of allylic oxidation sites excluding steroid dienone is 1. The predicted molar refractivity (Wildman–Crippen MR) is 106 cm³/mol. The molecule has 1 heterocycles. The highest BCUT2D eigenvalue weighted by atomic mass is 32.1. The van der Waals surface area contributed by atoms with Crippen LogP contribution in [0, 0.1) is 11.3 Å². The van der Waals surface area contributed by atoms with Crippen molar-refractivity contribution < 1.29 is 19.7 Å². The average molecular weight is 393 g/mol. The number of phenols is 1. The molecule has 0 spiro atoms. The van der Waals surface area contributed by atoms with Crippen molar-refractivity contribution >= 4 is 28.6 Å². The van der Waals surface area contributed by atoms with E-state index in [-0.39, 0.29) is 11.3 Å². The highest BCUT2D eigenvalue weighted by molar-refractivity contribution is 7.11. The lowest BCUT2D eigenvalue weighted by atomic mass is 10.1. The van der Waals surface area contributed by atoms with Crippen molar-refractivity contribution in [2.75, 3.05) is 12.4 Å². The second-order valence-corrected chi connectivity index (χ2v) is 6.48. The van der Waals surface area contributed by atoms with E-state index in [1.54, 1.807) is 7.11 Å². The minimum absolute atomic E-state index is 0.229. The third-order valence-corrected chi connectivity index (χ3v) is 4.73. The Balaban J connectivity index is 1.82. The van der Waals surface area contributed by atoms with E-state index in [0.29, 0.717) is 16.3 Å². The molecule has 7 nitrogen and oxygen atoms in total. The molecule has 0 saturated heterocycles. The molecule has 0 radical (unpaired) electrons. The van der Waals surface area contributed by atoms with Crippen LogP contribution in [0.3, 0.4) is 0 Å². The van der Waals surface area contributed by atoms with Crippen molar-refractivity contribution in [3.05, 3.63) is 64.6 Å². The van der Waals surface area contributed by atoms with Crippen LogP contribution in [-0.4, -0.2) is 28.3 Å². The average Bonchev–Trinajstić information content (AvgIpc) is 3.19. The number of benzene rings is 2. The van der Waals surface area contributed by atoms with Gasteiger partial charge < -0.3 is 20.3 Å². The Hall–Kier alpha value is -3.83. The number of hydrogen-bond acceptors (Lipinski definition) is 7. The maximum absolute atomic E-state index is 11.1. The molecule has 0 aliphatic carbocycles. The number of rotatable bonds is 6. The molecule has 0 amide bonds. The number of methoxy groups -OCH3 is 1. The fourth-order valence-corrected chi connectivity index (χ4v) is 3.18. The molecular formula is C20H15N3O4S. The summed E-state index contributed by atoms with van der Waals surface area (Å²) >= 11 is 1.33. The summed E-state index contributed by atoms with van der Waals surface area (Å²) in [5.41, 5.74) is 2.14. The number of ether oxygens (including phenoxy) is 1. The number of nitrogens with zero attached hydrogens (tertiary/aromatic N) is 2. The summed E-state index contributed by atoms with van der Waals surface area (Å²) in [5, 5.41) is 33.3. The Bertz CT molecular complexity index is 1080. The van der Waals surface area contributed by atoms with E-state index in [4.69, 9.17) is 9.84 Å². The van der Waals surface area contributed by atoms with Crippen molar-refractivity contribution in [1.29, 1.82) is 5.26 Å². The molecule has 0 atom stereocenters. The number of thiazole rings is 1. The van der Waals surface area contributed by atoms with Crippen LogP contribution in [0.15, 0.2) is 54.0 Å². The van der Waals surface area contributed by atoms with Crippen LogP contribution in [0.5, 0.6) is 11.5 Å². The number of aromatic carboxylic acids is 1. The van der Waals surface area contributed by atoms with Gasteiger partial charge in [-0.25, -0.2) is 9.78 Å². The first-order valence-electron chi connectivity index (χ1n) is 8.05. The van der Waals surface area contributed by atoms with Crippen molar-refractivity contribution in [2.45, 2.75) is 0 Å². The topological polar surface area (TPSA) is 115 Å². The van der Waals surface area contributed by atoms with Crippen LogP contribution < -0.4 is 10.1 Å². The molecule has 0 bridgehead atoms. The van der Waals surface area contributed by atoms with E-state index in [1.165, 1.54) is 35.7 Å². The zero-order valence-corrected chi connectivity index (χ0v) is 15.5. The standard InChI is InChI=1S/C20H15N3O4S/c1-27-15-5-2-12(3-6-15)17-11-28-19(23-17)13(9-21)10-22-14-4-7-18(24)16(8-14)20(25)26/h2-8,10-11,22,24H,1H3,(H,25,26)/b13-10+. The van der Waals surface area contributed by atoms with Gasteiger partial charge in [-0.3, -0.25) is 0 Å². The van der Waals surface area contributed by atoms with Gasteiger partial charge in [0, 0.05) is 22.8 Å². The lowest BCUT2D eigenvalue weighted by Crippen LogP contribution is -1.98. The van der Waals surface area contributed by atoms with Gasteiger partial charge in [0.05, 0.1) is 12.8 Å². The normalized spacial score (nSPS) is 10.9. The molecule has 1 aromatic heterocycles. The van der Waals surface area contributed by atoms with Gasteiger partial charge in [0.1, 0.15) is 33.7 Å². The van der Waals surface area contributed by atoms with Gasteiger partial charge in [-0.1, -0.05) is 0 Å². The first kappa shape index (κ1) is 18.9. The van der Waals surface area contributed by atoms with E-state index in [2.05, 4.69) is 16.4 Å². The Labute approximate surface area is 164 Å². The van der Waals surface area contributed by atoms with Gasteiger partial charge in [0.2, 0.25) is 0 Å². The van der Waals surface area contributed by atoms with Crippen LogP contribution in [0.25, 0.3) is 16.8 Å². The highest BCUT2D eigenvalue weighted by Gasteiger charge is 2.11. The molecule has 3 N–H and O–H groups in total. The molecule has 2 aromatic carbocycles. The Morgan fingerprint density at radius 3 is 2.68 bits per heavy atom.